The van der Waals surface area contributed by atoms with Crippen molar-refractivity contribution in [1.29, 1.82) is 0 Å². The number of aliphatic hydroxyl groups is 1. The van der Waals surface area contributed by atoms with Crippen LogP contribution >= 0.6 is 0 Å². The molecule has 3 rings (SSSR count). The van der Waals surface area contributed by atoms with Gasteiger partial charge in [-0.1, -0.05) is 42.5 Å². The van der Waals surface area contributed by atoms with E-state index in [1.54, 1.807) is 29.2 Å². The van der Waals surface area contributed by atoms with Gasteiger partial charge in [0.2, 0.25) is 0 Å². The lowest BCUT2D eigenvalue weighted by Gasteiger charge is -2.26. The third-order valence-electron chi connectivity index (χ3n) is 5.14. The van der Waals surface area contributed by atoms with Crippen LogP contribution in [-0.2, 0) is 9.59 Å². The molecule has 0 aliphatic carbocycles. The predicted octanol–water partition coefficient (Wildman–Crippen LogP) is 3.85. The highest BCUT2D eigenvalue weighted by atomic mass is 16.5. The van der Waals surface area contributed by atoms with E-state index in [1.165, 1.54) is 0 Å². The largest absolute Gasteiger partial charge is 0.507 e. The minimum absolute atomic E-state index is 0.0241. The van der Waals surface area contributed by atoms with Gasteiger partial charge in [0.05, 0.1) is 17.7 Å². The molecule has 0 radical (unpaired) electrons. The van der Waals surface area contributed by atoms with E-state index < -0.39 is 17.7 Å². The number of ketones is 1. The second kappa shape index (κ2) is 9.79. The van der Waals surface area contributed by atoms with Gasteiger partial charge in [-0.05, 0) is 58.6 Å². The summed E-state index contributed by atoms with van der Waals surface area (Å²) in [6.07, 6.45) is 0.699. The highest BCUT2D eigenvalue weighted by Crippen LogP contribution is 2.39. The minimum Gasteiger partial charge on any atom is -0.507 e. The van der Waals surface area contributed by atoms with Crippen LogP contribution in [0.25, 0.3) is 5.76 Å². The zero-order valence-electron chi connectivity index (χ0n) is 18.5. The van der Waals surface area contributed by atoms with Crippen molar-refractivity contribution in [2.75, 3.05) is 27.2 Å². The summed E-state index contributed by atoms with van der Waals surface area (Å²) in [5, 5.41) is 11.1. The molecule has 1 fully saturated rings. The van der Waals surface area contributed by atoms with Crippen molar-refractivity contribution in [2.45, 2.75) is 32.4 Å². The number of carbonyl (C=O) groups is 2. The molecule has 0 bridgehead atoms. The molecule has 1 N–H and O–H groups in total. The molecular weight excluding hydrogens is 392 g/mol. The first-order valence-electron chi connectivity index (χ1n) is 10.5. The van der Waals surface area contributed by atoms with E-state index in [9.17, 15) is 14.7 Å². The Balaban J connectivity index is 2.05. The van der Waals surface area contributed by atoms with Crippen LogP contribution in [0.1, 0.15) is 37.4 Å². The first-order chi connectivity index (χ1) is 14.8. The van der Waals surface area contributed by atoms with Crippen molar-refractivity contribution in [1.82, 2.24) is 9.80 Å². The predicted molar refractivity (Wildman–Crippen MR) is 121 cm³/mol. The fourth-order valence-corrected chi connectivity index (χ4v) is 3.79. The van der Waals surface area contributed by atoms with Crippen molar-refractivity contribution in [3.63, 3.8) is 0 Å². The maximum absolute atomic E-state index is 13.0. The van der Waals surface area contributed by atoms with E-state index in [2.05, 4.69) is 0 Å². The van der Waals surface area contributed by atoms with E-state index in [-0.39, 0.29) is 17.4 Å². The van der Waals surface area contributed by atoms with Gasteiger partial charge in [0.1, 0.15) is 11.5 Å². The van der Waals surface area contributed by atoms with Gasteiger partial charge in [-0.15, -0.1) is 0 Å². The molecule has 1 amide bonds. The van der Waals surface area contributed by atoms with Gasteiger partial charge in [0.25, 0.3) is 11.7 Å². The fraction of sp³-hybridized carbons (Fsp3) is 0.360. The summed E-state index contributed by atoms with van der Waals surface area (Å²) in [6.45, 7) is 5.05. The Kier molecular flexibility index (Phi) is 7.13. The first kappa shape index (κ1) is 22.6. The third kappa shape index (κ3) is 5.14. The van der Waals surface area contributed by atoms with Gasteiger partial charge < -0.3 is 19.6 Å². The number of Topliss-reactive ketones (excluding diaryl/α,β-unsaturated/α-hetero) is 1. The monoisotopic (exact) mass is 422 g/mol. The second-order valence-corrected chi connectivity index (χ2v) is 8.25. The highest BCUT2D eigenvalue weighted by Gasteiger charge is 2.45. The van der Waals surface area contributed by atoms with Crippen LogP contribution in [0.4, 0.5) is 0 Å². The van der Waals surface area contributed by atoms with E-state index in [0.29, 0.717) is 17.9 Å². The van der Waals surface area contributed by atoms with E-state index in [1.807, 2.05) is 63.2 Å². The Morgan fingerprint density at radius 2 is 1.81 bits per heavy atom. The Morgan fingerprint density at radius 3 is 2.45 bits per heavy atom. The molecule has 1 unspecified atom stereocenters. The lowest BCUT2D eigenvalue weighted by Crippen LogP contribution is -2.32. The number of rotatable bonds is 8. The quantitative estimate of drug-likeness (QED) is 0.398. The molecule has 1 heterocycles. The molecule has 2 aromatic rings. The van der Waals surface area contributed by atoms with Crippen LogP contribution < -0.4 is 4.74 Å². The number of carbonyl (C=O) groups excluding carboxylic acids is 2. The smallest absolute Gasteiger partial charge is 0.295 e. The number of ether oxygens (including phenoxy) is 1. The van der Waals surface area contributed by atoms with Crippen molar-refractivity contribution < 1.29 is 19.4 Å². The molecule has 1 atom stereocenters. The standard InChI is InChI=1S/C25H30N2O4/c1-17(2)31-20-13-8-12-19(16-20)23(28)21-22(18-10-6-5-7-11-18)27(25(30)24(21)29)15-9-14-26(3)4/h5-8,10-13,16-17,22,28H,9,14-15H2,1-4H3/b23-21-. The lowest BCUT2D eigenvalue weighted by molar-refractivity contribution is -0.139. The molecule has 1 saturated heterocycles. The highest BCUT2D eigenvalue weighted by molar-refractivity contribution is 6.46. The van der Waals surface area contributed by atoms with E-state index in [0.717, 1.165) is 18.5 Å². The number of nitrogens with zero attached hydrogens (tertiary/aromatic N) is 2. The van der Waals surface area contributed by atoms with Gasteiger partial charge in [0.15, 0.2) is 0 Å². The van der Waals surface area contributed by atoms with Crippen molar-refractivity contribution in [3.05, 3.63) is 71.3 Å². The van der Waals surface area contributed by atoms with Crippen LogP contribution in [0.5, 0.6) is 5.75 Å². The summed E-state index contributed by atoms with van der Waals surface area (Å²) in [7, 11) is 3.93. The SMILES string of the molecule is CC(C)Oc1cccc(/C(O)=C2/C(=O)C(=O)N(CCCN(C)C)C2c2ccccc2)c1. The summed E-state index contributed by atoms with van der Waals surface area (Å²) < 4.78 is 5.72. The fourth-order valence-electron chi connectivity index (χ4n) is 3.79. The first-order valence-corrected chi connectivity index (χ1v) is 10.5. The lowest BCUT2D eigenvalue weighted by atomic mass is 9.95. The zero-order valence-corrected chi connectivity index (χ0v) is 18.5. The summed E-state index contributed by atoms with van der Waals surface area (Å²) in [4.78, 5) is 29.5. The molecule has 2 aromatic carbocycles. The van der Waals surface area contributed by atoms with Crippen LogP contribution in [0.3, 0.4) is 0 Å². The maximum atomic E-state index is 13.0. The summed E-state index contributed by atoms with van der Waals surface area (Å²) in [5.74, 6) is -0.831. The Hall–Kier alpha value is -3.12. The summed E-state index contributed by atoms with van der Waals surface area (Å²) >= 11 is 0. The number of likely N-dealkylation sites (tertiary alicyclic amines) is 1. The zero-order chi connectivity index (χ0) is 22.5. The average molecular weight is 423 g/mol. The van der Waals surface area contributed by atoms with Gasteiger partial charge in [-0.3, -0.25) is 9.59 Å². The van der Waals surface area contributed by atoms with Gasteiger partial charge in [0, 0.05) is 12.1 Å². The third-order valence-corrected chi connectivity index (χ3v) is 5.14. The normalized spacial score (nSPS) is 18.3. The van der Waals surface area contributed by atoms with Crippen LogP contribution in [0.15, 0.2) is 60.2 Å². The van der Waals surface area contributed by atoms with Crippen molar-refractivity contribution >= 4 is 17.4 Å². The Labute approximate surface area is 183 Å². The molecule has 0 saturated carbocycles. The van der Waals surface area contributed by atoms with Crippen LogP contribution in [0.2, 0.25) is 0 Å². The number of amides is 1. The number of hydrogen-bond donors (Lipinski definition) is 1. The number of hydrogen-bond acceptors (Lipinski definition) is 5. The van der Waals surface area contributed by atoms with Crippen LogP contribution in [-0.4, -0.2) is 59.9 Å². The molecule has 0 aromatic heterocycles. The van der Waals surface area contributed by atoms with Crippen molar-refractivity contribution in [2.24, 2.45) is 0 Å². The number of aliphatic hydroxyl groups excluding tert-OH is 1. The van der Waals surface area contributed by atoms with Gasteiger partial charge in [-0.25, -0.2) is 0 Å². The summed E-state index contributed by atoms with van der Waals surface area (Å²) in [5.41, 5.74) is 1.36. The number of benzene rings is 2. The van der Waals surface area contributed by atoms with Crippen LogP contribution in [0, 0.1) is 0 Å². The second-order valence-electron chi connectivity index (χ2n) is 8.25. The molecule has 164 valence electrons. The summed E-state index contributed by atoms with van der Waals surface area (Å²) in [6, 6.07) is 15.7. The molecule has 6 nitrogen and oxygen atoms in total. The average Bonchev–Trinajstić information content (AvgIpc) is 2.98. The topological polar surface area (TPSA) is 70.1 Å². The molecule has 1 aliphatic rings. The molecule has 1 aliphatic heterocycles. The molecular formula is C25H30N2O4. The van der Waals surface area contributed by atoms with Gasteiger partial charge >= 0.3 is 0 Å². The minimum atomic E-state index is -0.661. The Bertz CT molecular complexity index is 966. The van der Waals surface area contributed by atoms with E-state index in [4.69, 9.17) is 4.74 Å². The van der Waals surface area contributed by atoms with Gasteiger partial charge in [-0.2, -0.15) is 0 Å². The Morgan fingerprint density at radius 1 is 1.10 bits per heavy atom. The molecule has 0 spiro atoms. The molecule has 31 heavy (non-hydrogen) atoms. The maximum Gasteiger partial charge on any atom is 0.295 e. The molecule has 6 heteroatoms. The van der Waals surface area contributed by atoms with E-state index >= 15 is 0 Å². The van der Waals surface area contributed by atoms with Crippen molar-refractivity contribution in [3.8, 4) is 5.75 Å².